The highest BCUT2D eigenvalue weighted by Crippen LogP contribution is 2.13. The molecule has 1 saturated heterocycles. The van der Waals surface area contributed by atoms with E-state index in [1.54, 1.807) is 10.6 Å². The van der Waals surface area contributed by atoms with Crippen molar-refractivity contribution in [2.24, 2.45) is 0 Å². The zero-order valence-electron chi connectivity index (χ0n) is 13.1. The lowest BCUT2D eigenvalue weighted by atomic mass is 10.2. The minimum Gasteiger partial charge on any atom is -0.468 e. The van der Waals surface area contributed by atoms with E-state index < -0.39 is 10.0 Å². The molecule has 1 aromatic carbocycles. The summed E-state index contributed by atoms with van der Waals surface area (Å²) >= 11 is 0. The van der Waals surface area contributed by atoms with Gasteiger partial charge in [0.05, 0.1) is 18.6 Å². The van der Waals surface area contributed by atoms with Crippen LogP contribution in [0.15, 0.2) is 53.1 Å². The fourth-order valence-electron chi connectivity index (χ4n) is 2.81. The molecule has 0 aliphatic carbocycles. The van der Waals surface area contributed by atoms with Gasteiger partial charge >= 0.3 is 0 Å². The average molecular weight is 334 g/mol. The lowest BCUT2D eigenvalue weighted by molar-refractivity contribution is 0.171. The number of hydrogen-bond donors (Lipinski definition) is 0. The average Bonchev–Trinajstić information content (AvgIpc) is 3.08. The summed E-state index contributed by atoms with van der Waals surface area (Å²) in [5.41, 5.74) is 1.06. The van der Waals surface area contributed by atoms with Crippen LogP contribution in [0.3, 0.4) is 0 Å². The van der Waals surface area contributed by atoms with Gasteiger partial charge in [-0.3, -0.25) is 4.90 Å². The van der Waals surface area contributed by atoms with Crippen LogP contribution in [0.5, 0.6) is 0 Å². The summed E-state index contributed by atoms with van der Waals surface area (Å²) in [5.74, 6) is 1.10. The van der Waals surface area contributed by atoms with Crippen LogP contribution in [0.1, 0.15) is 11.3 Å². The number of piperazine rings is 1. The van der Waals surface area contributed by atoms with Gasteiger partial charge in [0.15, 0.2) is 0 Å². The molecule has 5 nitrogen and oxygen atoms in total. The molecule has 0 spiro atoms. The molecule has 2 aromatic rings. The van der Waals surface area contributed by atoms with E-state index in [4.69, 9.17) is 4.42 Å². The standard InChI is InChI=1S/C17H22N2O3S/c20-23(21,14-8-16-5-2-1-3-6-16)19-11-9-18(10-12-19)15-17-7-4-13-22-17/h1-7,13H,8-12,14-15H2. The molecule has 0 amide bonds. The van der Waals surface area contributed by atoms with E-state index in [1.165, 1.54) is 0 Å². The Hall–Kier alpha value is -1.63. The summed E-state index contributed by atoms with van der Waals surface area (Å²) in [4.78, 5) is 2.22. The third kappa shape index (κ3) is 4.43. The summed E-state index contributed by atoms with van der Waals surface area (Å²) in [6, 6.07) is 13.6. The van der Waals surface area contributed by atoms with Crippen molar-refractivity contribution in [3.05, 3.63) is 60.1 Å². The van der Waals surface area contributed by atoms with Gasteiger partial charge < -0.3 is 4.42 Å². The highest BCUT2D eigenvalue weighted by Gasteiger charge is 2.26. The highest BCUT2D eigenvalue weighted by atomic mass is 32.2. The predicted octanol–water partition coefficient (Wildman–Crippen LogP) is 1.97. The summed E-state index contributed by atoms with van der Waals surface area (Å²) in [7, 11) is -3.18. The molecule has 1 aromatic heterocycles. The summed E-state index contributed by atoms with van der Waals surface area (Å²) in [5, 5.41) is 0. The normalized spacial score (nSPS) is 17.4. The molecule has 1 fully saturated rings. The number of nitrogens with zero attached hydrogens (tertiary/aromatic N) is 2. The van der Waals surface area contributed by atoms with E-state index in [2.05, 4.69) is 4.90 Å². The molecule has 0 N–H and O–H groups in total. The van der Waals surface area contributed by atoms with E-state index in [0.29, 0.717) is 19.5 Å². The Bertz CT molecular complexity index is 691. The first-order valence-corrected chi connectivity index (χ1v) is 9.51. The second-order valence-electron chi connectivity index (χ2n) is 5.81. The fraction of sp³-hybridized carbons (Fsp3) is 0.412. The molecule has 6 heteroatoms. The molecular weight excluding hydrogens is 312 g/mol. The minimum absolute atomic E-state index is 0.176. The Morgan fingerprint density at radius 1 is 0.957 bits per heavy atom. The Kier molecular flexibility index (Phi) is 5.15. The SMILES string of the molecule is O=S(=O)(CCc1ccccc1)N1CCN(Cc2ccco2)CC1. The molecule has 0 saturated carbocycles. The summed E-state index contributed by atoms with van der Waals surface area (Å²) < 4.78 is 31.9. The van der Waals surface area contributed by atoms with E-state index >= 15 is 0 Å². The predicted molar refractivity (Wildman–Crippen MR) is 89.5 cm³/mol. The van der Waals surface area contributed by atoms with Crippen molar-refractivity contribution >= 4 is 10.0 Å². The molecule has 0 bridgehead atoms. The summed E-state index contributed by atoms with van der Waals surface area (Å²) in [6.07, 6.45) is 2.23. The first-order chi connectivity index (χ1) is 11.1. The van der Waals surface area contributed by atoms with Crippen LogP contribution < -0.4 is 0 Å². The van der Waals surface area contributed by atoms with Crippen molar-refractivity contribution in [2.75, 3.05) is 31.9 Å². The van der Waals surface area contributed by atoms with Crippen molar-refractivity contribution in [2.45, 2.75) is 13.0 Å². The van der Waals surface area contributed by atoms with Gasteiger partial charge in [0, 0.05) is 26.2 Å². The van der Waals surface area contributed by atoms with Gasteiger partial charge in [-0.2, -0.15) is 4.31 Å². The lowest BCUT2D eigenvalue weighted by Gasteiger charge is -2.33. The van der Waals surface area contributed by atoms with E-state index in [1.807, 2.05) is 42.5 Å². The molecule has 0 atom stereocenters. The minimum atomic E-state index is -3.18. The van der Waals surface area contributed by atoms with Crippen LogP contribution in [0.2, 0.25) is 0 Å². The first-order valence-electron chi connectivity index (χ1n) is 7.90. The topological polar surface area (TPSA) is 53.8 Å². The van der Waals surface area contributed by atoms with Gasteiger partial charge in [0.25, 0.3) is 0 Å². The first kappa shape index (κ1) is 16.2. The van der Waals surface area contributed by atoms with Crippen LogP contribution in [0.25, 0.3) is 0 Å². The molecule has 0 radical (unpaired) electrons. The van der Waals surface area contributed by atoms with Crippen LogP contribution in [0.4, 0.5) is 0 Å². The Morgan fingerprint density at radius 3 is 2.35 bits per heavy atom. The number of sulfonamides is 1. The van der Waals surface area contributed by atoms with Crippen molar-refractivity contribution in [1.29, 1.82) is 0 Å². The lowest BCUT2D eigenvalue weighted by Crippen LogP contribution is -2.48. The second kappa shape index (κ2) is 7.29. The van der Waals surface area contributed by atoms with Gasteiger partial charge in [-0.25, -0.2) is 8.42 Å². The third-order valence-corrected chi connectivity index (χ3v) is 6.05. The number of benzene rings is 1. The monoisotopic (exact) mass is 334 g/mol. The third-order valence-electron chi connectivity index (χ3n) is 4.18. The van der Waals surface area contributed by atoms with Crippen LogP contribution in [-0.2, 0) is 23.0 Å². The molecule has 1 aliphatic rings. The number of hydrogen-bond acceptors (Lipinski definition) is 4. The fourth-order valence-corrected chi connectivity index (χ4v) is 4.28. The van der Waals surface area contributed by atoms with Crippen LogP contribution >= 0.6 is 0 Å². The maximum Gasteiger partial charge on any atom is 0.214 e. The maximum absolute atomic E-state index is 12.5. The van der Waals surface area contributed by atoms with Gasteiger partial charge in [-0.1, -0.05) is 30.3 Å². The van der Waals surface area contributed by atoms with Gasteiger partial charge in [0.1, 0.15) is 5.76 Å². The van der Waals surface area contributed by atoms with Crippen molar-refractivity contribution in [3.8, 4) is 0 Å². The van der Waals surface area contributed by atoms with Gasteiger partial charge in [-0.15, -0.1) is 0 Å². The van der Waals surface area contributed by atoms with Gasteiger partial charge in [0.2, 0.25) is 10.0 Å². The molecule has 3 rings (SSSR count). The quantitative estimate of drug-likeness (QED) is 0.810. The van der Waals surface area contributed by atoms with Crippen molar-refractivity contribution < 1.29 is 12.8 Å². The molecule has 23 heavy (non-hydrogen) atoms. The van der Waals surface area contributed by atoms with Gasteiger partial charge in [-0.05, 0) is 24.1 Å². The molecular formula is C17H22N2O3S. The van der Waals surface area contributed by atoms with Crippen LogP contribution in [-0.4, -0.2) is 49.6 Å². The number of furan rings is 1. The zero-order valence-corrected chi connectivity index (χ0v) is 13.9. The Labute approximate surface area is 137 Å². The van der Waals surface area contributed by atoms with E-state index in [0.717, 1.165) is 31.0 Å². The van der Waals surface area contributed by atoms with E-state index in [-0.39, 0.29) is 5.75 Å². The Balaban J connectivity index is 1.50. The largest absolute Gasteiger partial charge is 0.468 e. The summed E-state index contributed by atoms with van der Waals surface area (Å²) in [6.45, 7) is 3.33. The Morgan fingerprint density at radius 2 is 1.70 bits per heavy atom. The highest BCUT2D eigenvalue weighted by molar-refractivity contribution is 7.89. The maximum atomic E-state index is 12.5. The van der Waals surface area contributed by atoms with Crippen LogP contribution in [0, 0.1) is 0 Å². The number of rotatable bonds is 6. The van der Waals surface area contributed by atoms with Crippen molar-refractivity contribution in [3.63, 3.8) is 0 Å². The molecule has 2 heterocycles. The molecule has 124 valence electrons. The second-order valence-corrected chi connectivity index (χ2v) is 7.89. The zero-order chi connectivity index (χ0) is 16.1. The molecule has 0 unspecified atom stereocenters. The smallest absolute Gasteiger partial charge is 0.214 e. The molecule has 1 aliphatic heterocycles. The van der Waals surface area contributed by atoms with E-state index in [9.17, 15) is 8.42 Å². The number of aryl methyl sites for hydroxylation is 1. The van der Waals surface area contributed by atoms with Crippen molar-refractivity contribution in [1.82, 2.24) is 9.21 Å².